The lowest BCUT2D eigenvalue weighted by atomic mass is 10.0. The molecule has 0 unspecified atom stereocenters. The number of amides is 3. The zero-order valence-electron chi connectivity index (χ0n) is 14.5. The molecular formula is C18H22ClN3O3. The van der Waals surface area contributed by atoms with Gasteiger partial charge in [0.2, 0.25) is 17.7 Å². The number of aryl methyl sites for hydroxylation is 1. The van der Waals surface area contributed by atoms with Gasteiger partial charge in [0.25, 0.3) is 0 Å². The van der Waals surface area contributed by atoms with Crippen LogP contribution in [0.5, 0.6) is 0 Å². The van der Waals surface area contributed by atoms with Crippen molar-refractivity contribution in [1.29, 1.82) is 0 Å². The van der Waals surface area contributed by atoms with Gasteiger partial charge in [0.15, 0.2) is 0 Å². The van der Waals surface area contributed by atoms with E-state index in [2.05, 4.69) is 5.32 Å². The van der Waals surface area contributed by atoms with Gasteiger partial charge in [0.05, 0.1) is 0 Å². The third kappa shape index (κ3) is 3.49. The van der Waals surface area contributed by atoms with E-state index in [1.165, 1.54) is 6.92 Å². The molecule has 0 bridgehead atoms. The minimum absolute atomic E-state index is 0.0160. The molecule has 25 heavy (non-hydrogen) atoms. The second-order valence-electron chi connectivity index (χ2n) is 6.80. The maximum atomic E-state index is 12.8. The van der Waals surface area contributed by atoms with Crippen molar-refractivity contribution in [3.63, 3.8) is 0 Å². The van der Waals surface area contributed by atoms with Crippen LogP contribution in [0.25, 0.3) is 0 Å². The summed E-state index contributed by atoms with van der Waals surface area (Å²) in [6.07, 6.45) is 1.12. The highest BCUT2D eigenvalue weighted by atomic mass is 35.5. The first-order chi connectivity index (χ1) is 11.8. The summed E-state index contributed by atoms with van der Waals surface area (Å²) in [5.74, 6) is -0.389. The fourth-order valence-electron chi connectivity index (χ4n) is 3.11. The molecule has 3 rings (SSSR count). The number of hydrogen-bond donors (Lipinski definition) is 1. The Morgan fingerprint density at radius 3 is 2.20 bits per heavy atom. The van der Waals surface area contributed by atoms with Crippen LogP contribution in [0, 0.1) is 12.3 Å². The molecule has 2 fully saturated rings. The Hall–Kier alpha value is -2.08. The molecule has 1 saturated carbocycles. The van der Waals surface area contributed by atoms with Gasteiger partial charge in [-0.1, -0.05) is 17.7 Å². The molecule has 6 nitrogen and oxygen atoms in total. The van der Waals surface area contributed by atoms with E-state index in [1.807, 2.05) is 13.0 Å². The second-order valence-corrected chi connectivity index (χ2v) is 7.21. The highest BCUT2D eigenvalue weighted by molar-refractivity contribution is 6.31. The zero-order valence-corrected chi connectivity index (χ0v) is 15.2. The molecular weight excluding hydrogens is 342 g/mol. The molecule has 1 saturated heterocycles. The number of rotatable bonds is 3. The molecule has 1 heterocycles. The van der Waals surface area contributed by atoms with Gasteiger partial charge >= 0.3 is 0 Å². The van der Waals surface area contributed by atoms with Crippen molar-refractivity contribution in [1.82, 2.24) is 9.80 Å². The number of piperazine rings is 1. The standard InChI is InChI=1S/C18H22ClN3O3/c1-12-3-4-14(11-15(12)19)20-16(24)18(5-6-18)17(25)22-9-7-21(8-10-22)13(2)23/h3-4,11H,5-10H2,1-2H3,(H,20,24). The van der Waals surface area contributed by atoms with Gasteiger partial charge < -0.3 is 15.1 Å². The molecule has 1 aliphatic carbocycles. The van der Waals surface area contributed by atoms with E-state index < -0.39 is 5.41 Å². The van der Waals surface area contributed by atoms with E-state index in [4.69, 9.17) is 11.6 Å². The van der Waals surface area contributed by atoms with Gasteiger partial charge in [0.1, 0.15) is 5.41 Å². The summed E-state index contributed by atoms with van der Waals surface area (Å²) < 4.78 is 0. The Balaban J connectivity index is 1.65. The number of anilines is 1. The van der Waals surface area contributed by atoms with Crippen molar-refractivity contribution in [2.45, 2.75) is 26.7 Å². The number of carbonyl (C=O) groups excluding carboxylic acids is 3. The van der Waals surface area contributed by atoms with Crippen molar-refractivity contribution in [3.05, 3.63) is 28.8 Å². The average molecular weight is 364 g/mol. The van der Waals surface area contributed by atoms with Crippen molar-refractivity contribution in [3.8, 4) is 0 Å². The summed E-state index contributed by atoms with van der Waals surface area (Å²) in [6.45, 7) is 5.41. The SMILES string of the molecule is CC(=O)N1CCN(C(=O)C2(C(=O)Nc3ccc(C)c(Cl)c3)CC2)CC1. The third-order valence-corrected chi connectivity index (χ3v) is 5.44. The highest BCUT2D eigenvalue weighted by Gasteiger charge is 2.58. The first kappa shape index (κ1) is 17.7. The molecule has 2 aliphatic rings. The molecule has 1 N–H and O–H groups in total. The zero-order chi connectivity index (χ0) is 18.2. The van der Waals surface area contributed by atoms with Crippen molar-refractivity contribution in [2.24, 2.45) is 5.41 Å². The predicted octanol–water partition coefficient (Wildman–Crippen LogP) is 2.06. The van der Waals surface area contributed by atoms with Crippen LogP contribution in [0.1, 0.15) is 25.3 Å². The summed E-state index contributed by atoms with van der Waals surface area (Å²) in [5, 5.41) is 3.40. The number of nitrogens with zero attached hydrogens (tertiary/aromatic N) is 2. The maximum absolute atomic E-state index is 12.8. The summed E-state index contributed by atoms with van der Waals surface area (Å²) >= 11 is 6.09. The topological polar surface area (TPSA) is 69.7 Å². The fraction of sp³-hybridized carbons (Fsp3) is 0.500. The molecule has 1 aliphatic heterocycles. The molecule has 134 valence electrons. The lowest BCUT2D eigenvalue weighted by Crippen LogP contribution is -2.53. The van der Waals surface area contributed by atoms with Crippen LogP contribution < -0.4 is 5.32 Å². The number of carbonyl (C=O) groups is 3. The summed E-state index contributed by atoms with van der Waals surface area (Å²) in [4.78, 5) is 40.3. The van der Waals surface area contributed by atoms with Crippen LogP contribution in [0.3, 0.4) is 0 Å². The molecule has 3 amide bonds. The highest BCUT2D eigenvalue weighted by Crippen LogP contribution is 2.48. The molecule has 0 radical (unpaired) electrons. The van der Waals surface area contributed by atoms with E-state index in [1.54, 1.807) is 21.9 Å². The quantitative estimate of drug-likeness (QED) is 0.836. The average Bonchev–Trinajstić information content (AvgIpc) is 3.39. The minimum Gasteiger partial charge on any atom is -0.339 e. The smallest absolute Gasteiger partial charge is 0.240 e. The van der Waals surface area contributed by atoms with E-state index in [0.29, 0.717) is 49.7 Å². The largest absolute Gasteiger partial charge is 0.339 e. The monoisotopic (exact) mass is 363 g/mol. The first-order valence-corrected chi connectivity index (χ1v) is 8.84. The molecule has 1 aromatic rings. The Kier molecular flexibility index (Phi) is 4.73. The van der Waals surface area contributed by atoms with Gasteiger partial charge in [-0.3, -0.25) is 14.4 Å². The lowest BCUT2D eigenvalue weighted by molar-refractivity contribution is -0.146. The van der Waals surface area contributed by atoms with Gasteiger partial charge in [-0.25, -0.2) is 0 Å². The Bertz CT molecular complexity index is 722. The Morgan fingerprint density at radius 1 is 1.08 bits per heavy atom. The van der Waals surface area contributed by atoms with Crippen molar-refractivity contribution in [2.75, 3.05) is 31.5 Å². The van der Waals surface area contributed by atoms with Gasteiger partial charge in [0, 0.05) is 43.8 Å². The van der Waals surface area contributed by atoms with Gasteiger partial charge in [-0.2, -0.15) is 0 Å². The van der Waals surface area contributed by atoms with E-state index in [-0.39, 0.29) is 17.7 Å². The Labute approximate surface area is 152 Å². The molecule has 7 heteroatoms. The lowest BCUT2D eigenvalue weighted by Gasteiger charge is -2.35. The maximum Gasteiger partial charge on any atom is 0.240 e. The van der Waals surface area contributed by atoms with E-state index in [9.17, 15) is 14.4 Å². The van der Waals surface area contributed by atoms with Crippen LogP contribution in [0.4, 0.5) is 5.69 Å². The fourth-order valence-corrected chi connectivity index (χ4v) is 3.29. The summed E-state index contributed by atoms with van der Waals surface area (Å²) in [6, 6.07) is 5.31. The normalized spacial score (nSPS) is 18.7. The molecule has 0 aromatic heterocycles. The summed E-state index contributed by atoms with van der Waals surface area (Å²) in [5.41, 5.74) is 0.566. The minimum atomic E-state index is -0.963. The third-order valence-electron chi connectivity index (χ3n) is 5.04. The van der Waals surface area contributed by atoms with Crippen LogP contribution in [0.15, 0.2) is 18.2 Å². The van der Waals surface area contributed by atoms with Crippen molar-refractivity contribution >= 4 is 35.0 Å². The number of halogens is 1. The molecule has 1 aromatic carbocycles. The number of hydrogen-bond acceptors (Lipinski definition) is 3. The second kappa shape index (κ2) is 6.67. The van der Waals surface area contributed by atoms with Crippen LogP contribution in [-0.4, -0.2) is 53.7 Å². The molecule has 0 atom stereocenters. The van der Waals surface area contributed by atoms with Crippen molar-refractivity contribution < 1.29 is 14.4 Å². The summed E-state index contributed by atoms with van der Waals surface area (Å²) in [7, 11) is 0. The van der Waals surface area contributed by atoms with Crippen LogP contribution >= 0.6 is 11.6 Å². The Morgan fingerprint density at radius 2 is 1.68 bits per heavy atom. The van der Waals surface area contributed by atoms with Crippen LogP contribution in [-0.2, 0) is 14.4 Å². The van der Waals surface area contributed by atoms with E-state index in [0.717, 1.165) is 5.56 Å². The van der Waals surface area contributed by atoms with Crippen LogP contribution in [0.2, 0.25) is 5.02 Å². The van der Waals surface area contributed by atoms with Gasteiger partial charge in [-0.05, 0) is 37.5 Å². The number of benzene rings is 1. The number of nitrogens with one attached hydrogen (secondary N) is 1. The van der Waals surface area contributed by atoms with E-state index >= 15 is 0 Å². The predicted molar refractivity (Wildman–Crippen MR) is 95.3 cm³/mol. The van der Waals surface area contributed by atoms with Gasteiger partial charge in [-0.15, -0.1) is 0 Å². The first-order valence-electron chi connectivity index (χ1n) is 8.46. The molecule has 0 spiro atoms.